The van der Waals surface area contributed by atoms with Crippen molar-refractivity contribution in [1.29, 1.82) is 0 Å². The maximum atomic E-state index is 9.84. The Morgan fingerprint density at radius 1 is 1.29 bits per heavy atom. The Balaban J connectivity index is 2.64. The monoisotopic (exact) mass is 192 g/mol. The minimum absolute atomic E-state index is 0.0532. The average Bonchev–Trinajstić information content (AvgIpc) is 2.14. The van der Waals surface area contributed by atoms with E-state index in [0.717, 1.165) is 24.0 Å². The van der Waals surface area contributed by atoms with Crippen LogP contribution in [-0.2, 0) is 6.42 Å². The van der Waals surface area contributed by atoms with Crippen LogP contribution in [0.25, 0.3) is 0 Å². The molecule has 1 aliphatic carbocycles. The van der Waals surface area contributed by atoms with Gasteiger partial charge in [0.15, 0.2) is 11.5 Å². The molecule has 1 atom stereocenters. The lowest BCUT2D eigenvalue weighted by Gasteiger charge is -2.24. The van der Waals surface area contributed by atoms with Crippen molar-refractivity contribution in [2.75, 3.05) is 0 Å². The summed E-state index contributed by atoms with van der Waals surface area (Å²) in [6.07, 6.45) is 3.30. The molecule has 0 aromatic heterocycles. The minimum Gasteiger partial charge on any atom is -0.504 e. The first-order valence-electron chi connectivity index (χ1n) is 5.15. The fourth-order valence-electron chi connectivity index (χ4n) is 2.37. The zero-order chi connectivity index (χ0) is 10.3. The third kappa shape index (κ3) is 1.26. The van der Waals surface area contributed by atoms with Gasteiger partial charge in [0.05, 0.1) is 0 Å². The third-order valence-corrected chi connectivity index (χ3v) is 3.17. The molecule has 14 heavy (non-hydrogen) atoms. The predicted molar refractivity (Wildman–Crippen MR) is 55.9 cm³/mol. The summed E-state index contributed by atoms with van der Waals surface area (Å²) in [6.45, 7) is 3.93. The summed E-state index contributed by atoms with van der Waals surface area (Å²) in [5.74, 6) is 0.523. The van der Waals surface area contributed by atoms with E-state index in [1.165, 1.54) is 12.0 Å². The van der Waals surface area contributed by atoms with Gasteiger partial charge < -0.3 is 10.2 Å². The summed E-state index contributed by atoms with van der Waals surface area (Å²) in [6, 6.07) is 2.00. The summed E-state index contributed by atoms with van der Waals surface area (Å²) in [4.78, 5) is 0. The fraction of sp³-hybridized carbons (Fsp3) is 0.500. The summed E-state index contributed by atoms with van der Waals surface area (Å²) < 4.78 is 0. The van der Waals surface area contributed by atoms with Crippen LogP contribution in [0, 0.1) is 6.92 Å². The Morgan fingerprint density at radius 2 is 2.00 bits per heavy atom. The number of fused-ring (bicyclic) bond motifs is 1. The van der Waals surface area contributed by atoms with E-state index in [2.05, 4.69) is 6.92 Å². The molecule has 76 valence electrons. The van der Waals surface area contributed by atoms with Crippen LogP contribution >= 0.6 is 0 Å². The van der Waals surface area contributed by atoms with Crippen LogP contribution in [0.1, 0.15) is 42.4 Å². The third-order valence-electron chi connectivity index (χ3n) is 3.17. The molecule has 0 bridgehead atoms. The molecule has 1 aromatic rings. The Kier molecular flexibility index (Phi) is 2.14. The van der Waals surface area contributed by atoms with Gasteiger partial charge in [-0.2, -0.15) is 0 Å². The van der Waals surface area contributed by atoms with Gasteiger partial charge in [-0.05, 0) is 43.2 Å². The molecule has 0 radical (unpaired) electrons. The van der Waals surface area contributed by atoms with Crippen LogP contribution in [0.3, 0.4) is 0 Å². The second-order valence-corrected chi connectivity index (χ2v) is 4.26. The summed E-state index contributed by atoms with van der Waals surface area (Å²) in [5, 5.41) is 19.5. The Labute approximate surface area is 84.2 Å². The Morgan fingerprint density at radius 3 is 2.71 bits per heavy atom. The highest BCUT2D eigenvalue weighted by molar-refractivity contribution is 5.55. The molecule has 0 amide bonds. The molecule has 0 fully saturated rings. The Bertz CT molecular complexity index is 369. The predicted octanol–water partition coefficient (Wildman–Crippen LogP) is 2.85. The van der Waals surface area contributed by atoms with Crippen LogP contribution in [0.15, 0.2) is 6.07 Å². The molecule has 2 heteroatoms. The van der Waals surface area contributed by atoms with E-state index < -0.39 is 0 Å². The fourth-order valence-corrected chi connectivity index (χ4v) is 2.37. The van der Waals surface area contributed by atoms with E-state index in [1.807, 2.05) is 13.0 Å². The van der Waals surface area contributed by atoms with Gasteiger partial charge in [0, 0.05) is 5.56 Å². The SMILES string of the molecule is Cc1cc2c(c(O)c1O)C(C)CCC2. The second kappa shape index (κ2) is 3.19. The van der Waals surface area contributed by atoms with Crippen molar-refractivity contribution < 1.29 is 10.2 Å². The molecule has 1 aromatic carbocycles. The van der Waals surface area contributed by atoms with E-state index in [9.17, 15) is 10.2 Å². The van der Waals surface area contributed by atoms with Gasteiger partial charge in [0.25, 0.3) is 0 Å². The molecule has 0 saturated carbocycles. The first-order valence-corrected chi connectivity index (χ1v) is 5.15. The Hall–Kier alpha value is -1.18. The van der Waals surface area contributed by atoms with Crippen LogP contribution in [-0.4, -0.2) is 10.2 Å². The standard InChI is InChI=1S/C12H16O2/c1-7-4-3-5-9-6-8(2)11(13)12(14)10(7)9/h6-7,13-14H,3-5H2,1-2H3. The molecule has 2 N–H and O–H groups in total. The zero-order valence-electron chi connectivity index (χ0n) is 8.67. The first-order chi connectivity index (χ1) is 6.61. The quantitative estimate of drug-likeness (QED) is 0.620. The largest absolute Gasteiger partial charge is 0.504 e. The van der Waals surface area contributed by atoms with E-state index in [0.29, 0.717) is 5.92 Å². The molecule has 0 aliphatic heterocycles. The molecule has 0 spiro atoms. The molecule has 2 nitrogen and oxygen atoms in total. The first kappa shape index (κ1) is 9.38. The number of aryl methyl sites for hydroxylation is 2. The van der Waals surface area contributed by atoms with Crippen molar-refractivity contribution >= 4 is 0 Å². The van der Waals surface area contributed by atoms with Gasteiger partial charge in [0.2, 0.25) is 0 Å². The number of phenols is 2. The molecular weight excluding hydrogens is 176 g/mol. The lowest BCUT2D eigenvalue weighted by atomic mass is 9.82. The van der Waals surface area contributed by atoms with Gasteiger partial charge in [-0.3, -0.25) is 0 Å². The van der Waals surface area contributed by atoms with Crippen LogP contribution in [0.5, 0.6) is 11.5 Å². The van der Waals surface area contributed by atoms with E-state index in [-0.39, 0.29) is 11.5 Å². The molecule has 1 unspecified atom stereocenters. The van der Waals surface area contributed by atoms with Crippen molar-refractivity contribution in [3.63, 3.8) is 0 Å². The van der Waals surface area contributed by atoms with Crippen molar-refractivity contribution in [2.24, 2.45) is 0 Å². The number of rotatable bonds is 0. The maximum absolute atomic E-state index is 9.84. The van der Waals surface area contributed by atoms with E-state index in [1.54, 1.807) is 0 Å². The zero-order valence-corrected chi connectivity index (χ0v) is 8.67. The van der Waals surface area contributed by atoms with Gasteiger partial charge in [-0.15, -0.1) is 0 Å². The summed E-state index contributed by atoms with van der Waals surface area (Å²) in [5.41, 5.74) is 2.94. The van der Waals surface area contributed by atoms with Crippen LogP contribution in [0.2, 0.25) is 0 Å². The maximum Gasteiger partial charge on any atom is 0.161 e. The highest BCUT2D eigenvalue weighted by Crippen LogP contribution is 2.43. The lowest BCUT2D eigenvalue weighted by molar-refractivity contribution is 0.388. The summed E-state index contributed by atoms with van der Waals surface area (Å²) in [7, 11) is 0. The van der Waals surface area contributed by atoms with Crippen molar-refractivity contribution in [2.45, 2.75) is 39.0 Å². The molecule has 1 aliphatic rings. The van der Waals surface area contributed by atoms with Crippen LogP contribution in [0.4, 0.5) is 0 Å². The van der Waals surface area contributed by atoms with Gasteiger partial charge in [0.1, 0.15) is 0 Å². The molecule has 2 rings (SSSR count). The smallest absolute Gasteiger partial charge is 0.161 e. The van der Waals surface area contributed by atoms with Crippen LogP contribution < -0.4 is 0 Å². The molecular formula is C12H16O2. The highest BCUT2D eigenvalue weighted by Gasteiger charge is 2.23. The van der Waals surface area contributed by atoms with E-state index >= 15 is 0 Å². The highest BCUT2D eigenvalue weighted by atomic mass is 16.3. The number of phenolic OH excluding ortho intramolecular Hbond substituents is 2. The van der Waals surface area contributed by atoms with E-state index in [4.69, 9.17) is 0 Å². The number of hydrogen-bond donors (Lipinski definition) is 2. The number of aromatic hydroxyl groups is 2. The topological polar surface area (TPSA) is 40.5 Å². The molecule has 0 heterocycles. The number of benzene rings is 1. The van der Waals surface area contributed by atoms with Gasteiger partial charge >= 0.3 is 0 Å². The lowest BCUT2D eigenvalue weighted by Crippen LogP contribution is -2.07. The minimum atomic E-state index is 0.0532. The van der Waals surface area contributed by atoms with Crippen molar-refractivity contribution in [3.05, 3.63) is 22.8 Å². The van der Waals surface area contributed by atoms with Crippen molar-refractivity contribution in [1.82, 2.24) is 0 Å². The van der Waals surface area contributed by atoms with Gasteiger partial charge in [-0.25, -0.2) is 0 Å². The van der Waals surface area contributed by atoms with Crippen molar-refractivity contribution in [3.8, 4) is 11.5 Å². The summed E-state index contributed by atoms with van der Waals surface area (Å²) >= 11 is 0. The molecule has 0 saturated heterocycles. The average molecular weight is 192 g/mol. The normalized spacial score (nSPS) is 20.6. The van der Waals surface area contributed by atoms with Gasteiger partial charge in [-0.1, -0.05) is 13.0 Å². The second-order valence-electron chi connectivity index (χ2n) is 4.26. The number of hydrogen-bond acceptors (Lipinski definition) is 2.